The summed E-state index contributed by atoms with van der Waals surface area (Å²) in [5.41, 5.74) is 7.09. The molecule has 1 aromatic rings. The van der Waals surface area contributed by atoms with E-state index in [1.807, 2.05) is 18.2 Å². The Bertz CT molecular complexity index is 440. The molecule has 20 heavy (non-hydrogen) atoms. The molecule has 0 spiro atoms. The fraction of sp³-hybridized carbons (Fsp3) is 0.562. The first-order valence-corrected chi connectivity index (χ1v) is 7.08. The summed E-state index contributed by atoms with van der Waals surface area (Å²) < 4.78 is 5.44. The second-order valence-corrected chi connectivity index (χ2v) is 5.29. The third-order valence-corrected chi connectivity index (χ3v) is 3.27. The van der Waals surface area contributed by atoms with Gasteiger partial charge in [-0.2, -0.15) is 5.26 Å². The number of para-hydroxylation sites is 1. The lowest BCUT2D eigenvalue weighted by molar-refractivity contribution is 0.180. The summed E-state index contributed by atoms with van der Waals surface area (Å²) in [5, 5.41) is 8.84. The molecule has 0 aliphatic rings. The van der Waals surface area contributed by atoms with Gasteiger partial charge >= 0.3 is 0 Å². The molecule has 0 saturated heterocycles. The number of methoxy groups -OCH3 is 1. The zero-order valence-corrected chi connectivity index (χ0v) is 12.7. The van der Waals surface area contributed by atoms with Crippen LogP contribution in [0.25, 0.3) is 0 Å². The fourth-order valence-corrected chi connectivity index (χ4v) is 2.45. The van der Waals surface area contributed by atoms with E-state index in [1.165, 1.54) is 0 Å². The van der Waals surface area contributed by atoms with Crippen molar-refractivity contribution in [2.45, 2.75) is 26.3 Å². The first-order valence-electron chi connectivity index (χ1n) is 7.08. The quantitative estimate of drug-likeness (QED) is 0.792. The Hall–Kier alpha value is -1.57. The molecule has 1 atom stereocenters. The van der Waals surface area contributed by atoms with Crippen LogP contribution >= 0.6 is 0 Å². The zero-order chi connectivity index (χ0) is 15.0. The molecule has 0 fully saturated rings. The Morgan fingerprint density at radius 1 is 1.35 bits per heavy atom. The van der Waals surface area contributed by atoms with E-state index in [-0.39, 0.29) is 6.04 Å². The lowest BCUT2D eigenvalue weighted by Gasteiger charge is -2.32. The Balaban J connectivity index is 3.02. The van der Waals surface area contributed by atoms with Gasteiger partial charge in [-0.1, -0.05) is 32.0 Å². The molecule has 2 N–H and O–H groups in total. The smallest absolute Gasteiger partial charge is 0.123 e. The average molecular weight is 275 g/mol. The number of ether oxygens (including phenoxy) is 1. The van der Waals surface area contributed by atoms with Crippen molar-refractivity contribution in [2.24, 2.45) is 11.7 Å². The van der Waals surface area contributed by atoms with E-state index in [4.69, 9.17) is 15.7 Å². The van der Waals surface area contributed by atoms with E-state index in [0.29, 0.717) is 18.9 Å². The molecule has 0 heterocycles. The second-order valence-electron chi connectivity index (χ2n) is 5.29. The van der Waals surface area contributed by atoms with E-state index in [1.54, 1.807) is 7.11 Å². The van der Waals surface area contributed by atoms with Gasteiger partial charge in [-0.25, -0.2) is 0 Å². The molecule has 0 bridgehead atoms. The van der Waals surface area contributed by atoms with Crippen LogP contribution in [0.2, 0.25) is 0 Å². The Morgan fingerprint density at radius 2 is 2.05 bits per heavy atom. The maximum absolute atomic E-state index is 8.84. The van der Waals surface area contributed by atoms with Crippen LogP contribution in [0.15, 0.2) is 24.3 Å². The third kappa shape index (κ3) is 4.52. The van der Waals surface area contributed by atoms with Crippen molar-refractivity contribution in [1.82, 2.24) is 4.90 Å². The number of hydrogen-bond donors (Lipinski definition) is 1. The lowest BCUT2D eigenvalue weighted by Crippen LogP contribution is -2.37. The van der Waals surface area contributed by atoms with Crippen molar-refractivity contribution in [3.05, 3.63) is 29.8 Å². The van der Waals surface area contributed by atoms with Crippen molar-refractivity contribution in [2.75, 3.05) is 26.7 Å². The first kappa shape index (κ1) is 16.5. The van der Waals surface area contributed by atoms with Gasteiger partial charge in [-0.15, -0.1) is 0 Å². The average Bonchev–Trinajstić information content (AvgIpc) is 2.45. The Kier molecular flexibility index (Phi) is 7.06. The fourth-order valence-electron chi connectivity index (χ4n) is 2.45. The van der Waals surface area contributed by atoms with Crippen molar-refractivity contribution >= 4 is 0 Å². The minimum absolute atomic E-state index is 0.0851. The SMILES string of the molecule is COc1ccccc1C(CN)N(CCC#N)CC(C)C. The van der Waals surface area contributed by atoms with E-state index in [9.17, 15) is 0 Å². The van der Waals surface area contributed by atoms with Crippen LogP contribution < -0.4 is 10.5 Å². The largest absolute Gasteiger partial charge is 0.496 e. The van der Waals surface area contributed by atoms with Gasteiger partial charge in [0.25, 0.3) is 0 Å². The van der Waals surface area contributed by atoms with E-state index >= 15 is 0 Å². The number of benzene rings is 1. The molecule has 0 saturated carbocycles. The topological polar surface area (TPSA) is 62.3 Å². The van der Waals surface area contributed by atoms with Crippen LogP contribution in [0.3, 0.4) is 0 Å². The number of hydrogen-bond acceptors (Lipinski definition) is 4. The number of rotatable bonds is 8. The number of nitrogens with two attached hydrogens (primary N) is 1. The van der Waals surface area contributed by atoms with Crippen molar-refractivity contribution in [1.29, 1.82) is 5.26 Å². The predicted octanol–water partition coefficient (Wildman–Crippen LogP) is 2.57. The molecule has 4 heteroatoms. The molecule has 0 amide bonds. The van der Waals surface area contributed by atoms with Crippen LogP contribution in [0.5, 0.6) is 5.75 Å². The van der Waals surface area contributed by atoms with Crippen LogP contribution in [-0.2, 0) is 0 Å². The van der Waals surface area contributed by atoms with Gasteiger partial charge in [0.2, 0.25) is 0 Å². The predicted molar refractivity (Wildman–Crippen MR) is 81.4 cm³/mol. The highest BCUT2D eigenvalue weighted by molar-refractivity contribution is 5.36. The highest BCUT2D eigenvalue weighted by atomic mass is 16.5. The summed E-state index contributed by atoms with van der Waals surface area (Å²) in [6, 6.07) is 10.3. The lowest BCUT2D eigenvalue weighted by atomic mass is 10.0. The summed E-state index contributed by atoms with van der Waals surface area (Å²) in [4.78, 5) is 2.28. The zero-order valence-electron chi connectivity index (χ0n) is 12.7. The van der Waals surface area contributed by atoms with Crippen molar-refractivity contribution < 1.29 is 4.74 Å². The Labute approximate surface area is 122 Å². The van der Waals surface area contributed by atoms with Gasteiger partial charge in [0, 0.05) is 31.6 Å². The summed E-state index contributed by atoms with van der Waals surface area (Å²) in [6.07, 6.45) is 0.512. The highest BCUT2D eigenvalue weighted by Gasteiger charge is 2.22. The van der Waals surface area contributed by atoms with Crippen molar-refractivity contribution in [3.8, 4) is 11.8 Å². The summed E-state index contributed by atoms with van der Waals surface area (Å²) in [5.74, 6) is 1.38. The first-order chi connectivity index (χ1) is 9.63. The van der Waals surface area contributed by atoms with Gasteiger partial charge in [0.15, 0.2) is 0 Å². The van der Waals surface area contributed by atoms with Gasteiger partial charge in [0.05, 0.1) is 19.2 Å². The summed E-state index contributed by atoms with van der Waals surface area (Å²) in [6.45, 7) is 6.51. The minimum Gasteiger partial charge on any atom is -0.496 e. The monoisotopic (exact) mass is 275 g/mol. The van der Waals surface area contributed by atoms with Crippen LogP contribution in [0.4, 0.5) is 0 Å². The van der Waals surface area contributed by atoms with Crippen molar-refractivity contribution in [3.63, 3.8) is 0 Å². The molecule has 1 rings (SSSR count). The molecule has 0 aromatic heterocycles. The highest BCUT2D eigenvalue weighted by Crippen LogP contribution is 2.29. The molecule has 0 aliphatic carbocycles. The van der Waals surface area contributed by atoms with Crippen LogP contribution in [-0.4, -0.2) is 31.6 Å². The molecule has 4 nitrogen and oxygen atoms in total. The molecular weight excluding hydrogens is 250 g/mol. The summed E-state index contributed by atoms with van der Waals surface area (Å²) >= 11 is 0. The van der Waals surface area contributed by atoms with Crippen LogP contribution in [0.1, 0.15) is 31.9 Å². The van der Waals surface area contributed by atoms with E-state index in [0.717, 1.165) is 24.4 Å². The molecule has 0 aliphatic heterocycles. The van der Waals surface area contributed by atoms with E-state index in [2.05, 4.69) is 30.9 Å². The standard InChI is InChI=1S/C16H25N3O/c1-13(2)12-19(10-6-9-17)15(11-18)14-7-4-5-8-16(14)20-3/h4-5,7-8,13,15H,6,10-12,18H2,1-3H3. The third-order valence-electron chi connectivity index (χ3n) is 3.27. The minimum atomic E-state index is 0.0851. The number of nitriles is 1. The molecule has 1 unspecified atom stereocenters. The Morgan fingerprint density at radius 3 is 2.60 bits per heavy atom. The maximum atomic E-state index is 8.84. The van der Waals surface area contributed by atoms with Gasteiger partial charge in [-0.05, 0) is 12.0 Å². The summed E-state index contributed by atoms with van der Waals surface area (Å²) in [7, 11) is 1.68. The molecular formula is C16H25N3O. The normalized spacial score (nSPS) is 12.4. The molecule has 0 radical (unpaired) electrons. The second kappa shape index (κ2) is 8.57. The molecule has 1 aromatic carbocycles. The van der Waals surface area contributed by atoms with E-state index < -0.39 is 0 Å². The molecule has 110 valence electrons. The number of nitrogens with zero attached hydrogens (tertiary/aromatic N) is 2. The van der Waals surface area contributed by atoms with Crippen LogP contribution in [0, 0.1) is 17.2 Å². The van der Waals surface area contributed by atoms with Gasteiger partial charge in [0.1, 0.15) is 5.75 Å². The maximum Gasteiger partial charge on any atom is 0.123 e. The van der Waals surface area contributed by atoms with Gasteiger partial charge < -0.3 is 10.5 Å². The van der Waals surface area contributed by atoms with Gasteiger partial charge in [-0.3, -0.25) is 4.90 Å².